The van der Waals surface area contributed by atoms with E-state index in [0.717, 1.165) is 11.1 Å². The van der Waals surface area contributed by atoms with Crippen molar-refractivity contribution in [2.24, 2.45) is 0 Å². The van der Waals surface area contributed by atoms with E-state index in [2.05, 4.69) is 15.3 Å². The summed E-state index contributed by atoms with van der Waals surface area (Å²) in [5.74, 6) is -0.697. The number of nitrogens with zero attached hydrogens (tertiary/aromatic N) is 3. The monoisotopic (exact) mass is 406 g/mol. The standard InChI is InChI=1S/C22H19FN4O3/c1-14(28)25-12-18-13-27(22(29)30-18)17-3-4-19(20(23)10-17)21-5-2-16(11-26-21)15-6-8-24-9-7-15/h2-11,18H,12-13H2,1H3,(H,25,28). The number of pyridine rings is 2. The van der Waals surface area contributed by atoms with Gasteiger partial charge >= 0.3 is 6.09 Å². The first-order valence-electron chi connectivity index (χ1n) is 9.40. The summed E-state index contributed by atoms with van der Waals surface area (Å²) in [6, 6.07) is 11.9. The highest BCUT2D eigenvalue weighted by Crippen LogP contribution is 2.29. The van der Waals surface area contributed by atoms with Gasteiger partial charge in [0.15, 0.2) is 0 Å². The van der Waals surface area contributed by atoms with Crippen LogP contribution in [0.4, 0.5) is 14.9 Å². The van der Waals surface area contributed by atoms with Gasteiger partial charge in [-0.15, -0.1) is 0 Å². The van der Waals surface area contributed by atoms with Gasteiger partial charge in [0.1, 0.15) is 11.9 Å². The van der Waals surface area contributed by atoms with Crippen LogP contribution in [0.15, 0.2) is 61.1 Å². The lowest BCUT2D eigenvalue weighted by molar-refractivity contribution is -0.119. The third kappa shape index (κ3) is 4.12. The molecule has 1 aromatic carbocycles. The number of hydrogen-bond acceptors (Lipinski definition) is 5. The Balaban J connectivity index is 1.51. The molecule has 1 fully saturated rings. The number of halogens is 1. The van der Waals surface area contributed by atoms with Crippen LogP contribution in [0.25, 0.3) is 22.4 Å². The molecule has 152 valence electrons. The molecule has 0 radical (unpaired) electrons. The second-order valence-electron chi connectivity index (χ2n) is 6.89. The molecule has 3 aromatic rings. The van der Waals surface area contributed by atoms with Crippen LogP contribution >= 0.6 is 0 Å². The Hall–Kier alpha value is -3.81. The Labute approximate surface area is 172 Å². The number of cyclic esters (lactones) is 1. The van der Waals surface area contributed by atoms with E-state index in [-0.39, 0.29) is 19.0 Å². The third-order valence-corrected chi connectivity index (χ3v) is 4.77. The van der Waals surface area contributed by atoms with Crippen LogP contribution in [0.3, 0.4) is 0 Å². The number of carbonyl (C=O) groups excluding carboxylic acids is 2. The number of benzene rings is 1. The molecule has 1 saturated heterocycles. The zero-order valence-electron chi connectivity index (χ0n) is 16.2. The van der Waals surface area contributed by atoms with Gasteiger partial charge in [-0.05, 0) is 42.0 Å². The van der Waals surface area contributed by atoms with Gasteiger partial charge in [-0.2, -0.15) is 0 Å². The lowest BCUT2D eigenvalue weighted by atomic mass is 10.1. The maximum atomic E-state index is 14.8. The number of hydrogen-bond donors (Lipinski definition) is 1. The van der Waals surface area contributed by atoms with Crippen molar-refractivity contribution >= 4 is 17.7 Å². The number of anilines is 1. The number of ether oxygens (including phenoxy) is 1. The Kier molecular flexibility index (Phi) is 5.38. The van der Waals surface area contributed by atoms with Gasteiger partial charge in [0, 0.05) is 36.6 Å². The Morgan fingerprint density at radius 2 is 2.00 bits per heavy atom. The first-order chi connectivity index (χ1) is 14.5. The van der Waals surface area contributed by atoms with Gasteiger partial charge in [-0.1, -0.05) is 6.07 Å². The second-order valence-corrected chi connectivity index (χ2v) is 6.89. The van der Waals surface area contributed by atoms with Crippen molar-refractivity contribution in [3.63, 3.8) is 0 Å². The van der Waals surface area contributed by atoms with Crippen LogP contribution < -0.4 is 10.2 Å². The molecule has 2 amide bonds. The molecule has 3 heterocycles. The van der Waals surface area contributed by atoms with E-state index in [1.165, 1.54) is 17.9 Å². The highest BCUT2D eigenvalue weighted by molar-refractivity contribution is 5.90. The fourth-order valence-electron chi connectivity index (χ4n) is 3.24. The van der Waals surface area contributed by atoms with Crippen LogP contribution in [0.5, 0.6) is 0 Å². The molecular weight excluding hydrogens is 387 g/mol. The zero-order valence-corrected chi connectivity index (χ0v) is 16.2. The summed E-state index contributed by atoms with van der Waals surface area (Å²) in [4.78, 5) is 32.9. The fourth-order valence-corrected chi connectivity index (χ4v) is 3.24. The van der Waals surface area contributed by atoms with E-state index < -0.39 is 18.0 Å². The van der Waals surface area contributed by atoms with Crippen molar-refractivity contribution in [2.75, 3.05) is 18.0 Å². The minimum Gasteiger partial charge on any atom is -0.442 e. The second kappa shape index (κ2) is 8.28. The van der Waals surface area contributed by atoms with Crippen molar-refractivity contribution in [3.8, 4) is 22.4 Å². The molecule has 1 atom stereocenters. The molecule has 0 spiro atoms. The molecule has 1 aliphatic heterocycles. The minimum atomic E-state index is -0.572. The summed E-state index contributed by atoms with van der Waals surface area (Å²) in [7, 11) is 0. The van der Waals surface area contributed by atoms with Crippen molar-refractivity contribution < 1.29 is 18.7 Å². The van der Waals surface area contributed by atoms with E-state index in [1.54, 1.807) is 36.8 Å². The molecule has 1 aliphatic rings. The van der Waals surface area contributed by atoms with Gasteiger partial charge in [-0.3, -0.25) is 19.7 Å². The molecule has 0 saturated carbocycles. The molecule has 7 nitrogen and oxygen atoms in total. The van der Waals surface area contributed by atoms with E-state index in [4.69, 9.17) is 4.74 Å². The van der Waals surface area contributed by atoms with E-state index in [0.29, 0.717) is 16.9 Å². The molecule has 30 heavy (non-hydrogen) atoms. The lowest BCUT2D eigenvalue weighted by Crippen LogP contribution is -2.33. The molecule has 2 aromatic heterocycles. The summed E-state index contributed by atoms with van der Waals surface area (Å²) in [6.45, 7) is 1.84. The number of rotatable bonds is 5. The maximum Gasteiger partial charge on any atom is 0.414 e. The van der Waals surface area contributed by atoms with Crippen LogP contribution in [-0.4, -0.2) is 41.2 Å². The predicted octanol–water partition coefficient (Wildman–Crippen LogP) is 3.41. The summed E-state index contributed by atoms with van der Waals surface area (Å²) < 4.78 is 20.0. The first-order valence-corrected chi connectivity index (χ1v) is 9.40. The van der Waals surface area contributed by atoms with Crippen LogP contribution in [0.1, 0.15) is 6.92 Å². The molecule has 0 aliphatic carbocycles. The zero-order chi connectivity index (χ0) is 21.1. The molecule has 8 heteroatoms. The lowest BCUT2D eigenvalue weighted by Gasteiger charge is -2.14. The molecule has 0 bridgehead atoms. The summed E-state index contributed by atoms with van der Waals surface area (Å²) in [5.41, 5.74) is 3.09. The highest BCUT2D eigenvalue weighted by Gasteiger charge is 2.32. The topological polar surface area (TPSA) is 84.4 Å². The largest absolute Gasteiger partial charge is 0.442 e. The van der Waals surface area contributed by atoms with Gasteiger partial charge in [-0.25, -0.2) is 9.18 Å². The summed E-state index contributed by atoms with van der Waals surface area (Å²) >= 11 is 0. The number of amides is 2. The van der Waals surface area contributed by atoms with Crippen LogP contribution in [0, 0.1) is 5.82 Å². The predicted molar refractivity (Wildman–Crippen MR) is 109 cm³/mol. The average molecular weight is 406 g/mol. The number of aromatic nitrogens is 2. The number of nitrogens with one attached hydrogen (secondary N) is 1. The first kappa shape index (κ1) is 19.5. The van der Waals surface area contributed by atoms with Crippen molar-refractivity contribution in [1.29, 1.82) is 0 Å². The van der Waals surface area contributed by atoms with Gasteiger partial charge in [0.25, 0.3) is 0 Å². The SMILES string of the molecule is CC(=O)NCC1CN(c2ccc(-c3ccc(-c4ccncc4)cn3)c(F)c2)C(=O)O1. The summed E-state index contributed by atoms with van der Waals surface area (Å²) in [5, 5.41) is 2.61. The van der Waals surface area contributed by atoms with Crippen molar-refractivity contribution in [2.45, 2.75) is 13.0 Å². The van der Waals surface area contributed by atoms with Crippen molar-refractivity contribution in [1.82, 2.24) is 15.3 Å². The van der Waals surface area contributed by atoms with E-state index >= 15 is 0 Å². The van der Waals surface area contributed by atoms with Gasteiger partial charge in [0.05, 0.1) is 24.5 Å². The van der Waals surface area contributed by atoms with Gasteiger partial charge < -0.3 is 10.1 Å². The quantitative estimate of drug-likeness (QED) is 0.702. The molecule has 1 unspecified atom stereocenters. The number of carbonyl (C=O) groups is 2. The van der Waals surface area contributed by atoms with Gasteiger partial charge in [0.2, 0.25) is 5.91 Å². The fraction of sp³-hybridized carbons (Fsp3) is 0.182. The van der Waals surface area contributed by atoms with E-state index in [9.17, 15) is 14.0 Å². The van der Waals surface area contributed by atoms with Crippen molar-refractivity contribution in [3.05, 3.63) is 66.9 Å². The molecule has 1 N–H and O–H groups in total. The van der Waals surface area contributed by atoms with Crippen LogP contribution in [0.2, 0.25) is 0 Å². The van der Waals surface area contributed by atoms with E-state index in [1.807, 2.05) is 18.2 Å². The maximum absolute atomic E-state index is 14.8. The normalized spacial score (nSPS) is 15.7. The van der Waals surface area contributed by atoms with Crippen LogP contribution in [-0.2, 0) is 9.53 Å². The highest BCUT2D eigenvalue weighted by atomic mass is 19.1. The average Bonchev–Trinajstić information content (AvgIpc) is 3.13. The Bertz CT molecular complexity index is 1070. The third-order valence-electron chi connectivity index (χ3n) is 4.77. The Morgan fingerprint density at radius 1 is 1.20 bits per heavy atom. The minimum absolute atomic E-state index is 0.206. The molecular formula is C22H19FN4O3. The summed E-state index contributed by atoms with van der Waals surface area (Å²) in [6.07, 6.45) is 4.03. The smallest absolute Gasteiger partial charge is 0.414 e. The Morgan fingerprint density at radius 3 is 2.67 bits per heavy atom. The molecule has 4 rings (SSSR count).